The van der Waals surface area contributed by atoms with E-state index < -0.39 is 11.5 Å². The fourth-order valence-corrected chi connectivity index (χ4v) is 2.93. The number of hydrogen-bond acceptors (Lipinski definition) is 5. The molecule has 0 radical (unpaired) electrons. The summed E-state index contributed by atoms with van der Waals surface area (Å²) in [4.78, 5) is 25.6. The first-order chi connectivity index (χ1) is 10.9. The monoisotopic (exact) mass is 344 g/mol. The quantitative estimate of drug-likeness (QED) is 0.799. The third kappa shape index (κ3) is 4.01. The third-order valence-electron chi connectivity index (χ3n) is 3.68. The topological polar surface area (TPSA) is 99.7 Å². The van der Waals surface area contributed by atoms with Gasteiger partial charge >= 0.3 is 0 Å². The van der Waals surface area contributed by atoms with Crippen LogP contribution in [-0.4, -0.2) is 65.5 Å². The Kier molecular flexibility index (Phi) is 5.61. The van der Waals surface area contributed by atoms with Gasteiger partial charge < -0.3 is 20.1 Å². The van der Waals surface area contributed by atoms with Crippen molar-refractivity contribution in [3.8, 4) is 0 Å². The zero-order chi connectivity index (χ0) is 17.0. The van der Waals surface area contributed by atoms with Gasteiger partial charge in [-0.3, -0.25) is 14.3 Å². The van der Waals surface area contributed by atoms with Crippen LogP contribution < -0.4 is 5.73 Å². The van der Waals surface area contributed by atoms with Crippen LogP contribution in [-0.2, 0) is 20.8 Å². The van der Waals surface area contributed by atoms with Crippen molar-refractivity contribution in [1.29, 1.82) is 0 Å². The maximum Gasteiger partial charge on any atom is 0.276 e. The van der Waals surface area contributed by atoms with Crippen LogP contribution >= 0.6 is 11.6 Å². The molecule has 23 heavy (non-hydrogen) atoms. The largest absolute Gasteiger partial charge is 0.382 e. The molecule has 1 aromatic rings. The molecule has 8 nitrogen and oxygen atoms in total. The Morgan fingerprint density at radius 1 is 1.57 bits per heavy atom. The van der Waals surface area contributed by atoms with Crippen LogP contribution in [0.2, 0.25) is 5.02 Å². The zero-order valence-corrected chi connectivity index (χ0v) is 14.0. The molecule has 0 aliphatic carbocycles. The highest BCUT2D eigenvalue weighted by atomic mass is 35.5. The van der Waals surface area contributed by atoms with Crippen molar-refractivity contribution < 1.29 is 19.1 Å². The van der Waals surface area contributed by atoms with Crippen LogP contribution in [0.4, 0.5) is 0 Å². The van der Waals surface area contributed by atoms with Crippen LogP contribution in [0.3, 0.4) is 0 Å². The molecule has 2 rings (SSSR count). The number of primary amides is 1. The SMILES string of the molecule is CCn1cc(Cl)c(C(=O)N2CCOC(COC)(CC(N)=O)C2)n1. The second-order valence-electron chi connectivity index (χ2n) is 5.52. The summed E-state index contributed by atoms with van der Waals surface area (Å²) in [5.41, 5.74) is 4.56. The number of halogens is 1. The lowest BCUT2D eigenvalue weighted by molar-refractivity contribution is -0.148. The summed E-state index contributed by atoms with van der Waals surface area (Å²) in [5, 5.41) is 4.49. The second kappa shape index (κ2) is 7.29. The Bertz CT molecular complexity index is 587. The van der Waals surface area contributed by atoms with Gasteiger partial charge in [-0.2, -0.15) is 5.10 Å². The smallest absolute Gasteiger partial charge is 0.276 e. The van der Waals surface area contributed by atoms with Crippen LogP contribution in [0, 0.1) is 0 Å². The Labute approximate surface area is 139 Å². The molecule has 2 heterocycles. The van der Waals surface area contributed by atoms with Gasteiger partial charge in [0.25, 0.3) is 5.91 Å². The highest BCUT2D eigenvalue weighted by Crippen LogP contribution is 2.25. The van der Waals surface area contributed by atoms with Crippen molar-refractivity contribution in [2.45, 2.75) is 25.5 Å². The van der Waals surface area contributed by atoms with Gasteiger partial charge in [0.1, 0.15) is 5.60 Å². The normalized spacial score (nSPS) is 21.4. The predicted molar refractivity (Wildman–Crippen MR) is 83.2 cm³/mol. The minimum absolute atomic E-state index is 0.0260. The van der Waals surface area contributed by atoms with Gasteiger partial charge in [0.2, 0.25) is 5.91 Å². The highest BCUT2D eigenvalue weighted by Gasteiger charge is 2.41. The number of nitrogens with zero attached hydrogens (tertiary/aromatic N) is 3. The van der Waals surface area contributed by atoms with Crippen molar-refractivity contribution in [1.82, 2.24) is 14.7 Å². The van der Waals surface area contributed by atoms with Crippen molar-refractivity contribution in [2.24, 2.45) is 5.73 Å². The highest BCUT2D eigenvalue weighted by molar-refractivity contribution is 6.33. The van der Waals surface area contributed by atoms with Crippen molar-refractivity contribution in [3.05, 3.63) is 16.9 Å². The molecule has 1 aromatic heterocycles. The first kappa shape index (κ1) is 17.7. The van der Waals surface area contributed by atoms with E-state index >= 15 is 0 Å². The second-order valence-corrected chi connectivity index (χ2v) is 5.92. The maximum absolute atomic E-state index is 12.7. The molecule has 1 fully saturated rings. The Hall–Kier alpha value is -1.64. The Balaban J connectivity index is 2.19. The number of hydrogen-bond donors (Lipinski definition) is 1. The summed E-state index contributed by atoms with van der Waals surface area (Å²) in [6, 6.07) is 0. The number of ether oxygens (including phenoxy) is 2. The maximum atomic E-state index is 12.7. The lowest BCUT2D eigenvalue weighted by Crippen LogP contribution is -2.57. The summed E-state index contributed by atoms with van der Waals surface area (Å²) < 4.78 is 12.5. The summed E-state index contributed by atoms with van der Waals surface area (Å²) in [6.45, 7) is 3.55. The van der Waals surface area contributed by atoms with Gasteiger partial charge in [-0.05, 0) is 6.92 Å². The Morgan fingerprint density at radius 3 is 2.87 bits per heavy atom. The number of amides is 2. The number of aromatic nitrogens is 2. The predicted octanol–water partition coefficient (Wildman–Crippen LogP) is 0.289. The van der Waals surface area contributed by atoms with Gasteiger partial charge in [-0.1, -0.05) is 11.6 Å². The molecular formula is C14H21ClN4O4. The van der Waals surface area contributed by atoms with Gasteiger partial charge in [-0.25, -0.2) is 0 Å². The van der Waals surface area contributed by atoms with Gasteiger partial charge in [0, 0.05) is 26.4 Å². The van der Waals surface area contributed by atoms with E-state index in [9.17, 15) is 9.59 Å². The molecule has 1 atom stereocenters. The number of nitrogens with two attached hydrogens (primary N) is 1. The lowest BCUT2D eigenvalue weighted by atomic mass is 9.97. The van der Waals surface area contributed by atoms with Crippen molar-refractivity contribution in [3.63, 3.8) is 0 Å². The molecule has 1 saturated heterocycles. The third-order valence-corrected chi connectivity index (χ3v) is 3.96. The van der Waals surface area contributed by atoms with Crippen LogP contribution in [0.5, 0.6) is 0 Å². The average Bonchev–Trinajstić information content (AvgIpc) is 2.87. The van der Waals surface area contributed by atoms with E-state index in [-0.39, 0.29) is 37.8 Å². The van der Waals surface area contributed by atoms with Crippen LogP contribution in [0.25, 0.3) is 0 Å². The molecule has 128 valence electrons. The summed E-state index contributed by atoms with van der Waals surface area (Å²) >= 11 is 6.09. The number of rotatable bonds is 6. The number of carbonyl (C=O) groups is 2. The minimum atomic E-state index is -0.936. The lowest BCUT2D eigenvalue weighted by Gasteiger charge is -2.41. The number of aryl methyl sites for hydroxylation is 1. The Morgan fingerprint density at radius 2 is 2.30 bits per heavy atom. The standard InChI is InChI=1S/C14H21ClN4O4/c1-3-19-7-10(15)12(17-19)13(21)18-4-5-23-14(8-18,9-22-2)6-11(16)20/h7H,3-6,8-9H2,1-2H3,(H2,16,20). The molecule has 0 bridgehead atoms. The molecule has 1 aliphatic rings. The molecule has 0 saturated carbocycles. The summed E-state index contributed by atoms with van der Waals surface area (Å²) in [7, 11) is 1.51. The fourth-order valence-electron chi connectivity index (χ4n) is 2.70. The van der Waals surface area contributed by atoms with E-state index in [1.54, 1.807) is 15.8 Å². The van der Waals surface area contributed by atoms with Gasteiger partial charge in [0.15, 0.2) is 5.69 Å². The van der Waals surface area contributed by atoms with Gasteiger partial charge in [-0.15, -0.1) is 0 Å². The zero-order valence-electron chi connectivity index (χ0n) is 13.2. The summed E-state index contributed by atoms with van der Waals surface area (Å²) in [5.74, 6) is -0.805. The van der Waals surface area contributed by atoms with E-state index in [0.29, 0.717) is 18.1 Å². The molecular weight excluding hydrogens is 324 g/mol. The van der Waals surface area contributed by atoms with Crippen LogP contribution in [0.15, 0.2) is 6.20 Å². The summed E-state index contributed by atoms with van der Waals surface area (Å²) in [6.07, 6.45) is 1.59. The molecule has 0 spiro atoms. The van der Waals surface area contributed by atoms with Crippen molar-refractivity contribution in [2.75, 3.05) is 33.4 Å². The van der Waals surface area contributed by atoms with E-state index in [4.69, 9.17) is 26.8 Å². The molecule has 9 heteroatoms. The number of carbonyl (C=O) groups excluding carboxylic acids is 2. The van der Waals surface area contributed by atoms with Crippen molar-refractivity contribution >= 4 is 23.4 Å². The van der Waals surface area contributed by atoms with E-state index in [0.717, 1.165) is 0 Å². The average molecular weight is 345 g/mol. The first-order valence-electron chi connectivity index (χ1n) is 7.34. The van der Waals surface area contributed by atoms with E-state index in [1.807, 2.05) is 6.92 Å². The number of morpholine rings is 1. The molecule has 1 aliphatic heterocycles. The minimum Gasteiger partial charge on any atom is -0.382 e. The van der Waals surface area contributed by atoms with Gasteiger partial charge in [0.05, 0.1) is 31.2 Å². The fraction of sp³-hybridized carbons (Fsp3) is 0.643. The molecule has 2 amide bonds. The first-order valence-corrected chi connectivity index (χ1v) is 7.72. The van der Waals surface area contributed by atoms with E-state index in [2.05, 4.69) is 5.10 Å². The molecule has 0 aromatic carbocycles. The molecule has 1 unspecified atom stereocenters. The number of methoxy groups -OCH3 is 1. The molecule has 2 N–H and O–H groups in total. The van der Waals surface area contributed by atoms with Crippen LogP contribution in [0.1, 0.15) is 23.8 Å². The van der Waals surface area contributed by atoms with E-state index in [1.165, 1.54) is 7.11 Å².